The molecule has 1 unspecified atom stereocenters. The van der Waals surface area contributed by atoms with Gasteiger partial charge in [0.05, 0.1) is 25.0 Å². The van der Waals surface area contributed by atoms with E-state index in [1.165, 1.54) is 7.11 Å². The summed E-state index contributed by atoms with van der Waals surface area (Å²) in [4.78, 5) is 16.9. The van der Waals surface area contributed by atoms with E-state index in [9.17, 15) is 9.90 Å². The number of phenols is 1. The number of hydrogen-bond acceptors (Lipinski definition) is 6. The lowest BCUT2D eigenvalue weighted by Gasteiger charge is -2.13. The molecular formula is C23H21N3O4. The Balaban J connectivity index is 1.43. The molecule has 0 spiro atoms. The molecule has 0 aromatic heterocycles. The van der Waals surface area contributed by atoms with Gasteiger partial charge < -0.3 is 25.6 Å². The quantitative estimate of drug-likeness (QED) is 0.563. The van der Waals surface area contributed by atoms with Crippen LogP contribution in [-0.2, 0) is 4.74 Å². The summed E-state index contributed by atoms with van der Waals surface area (Å²) in [6.45, 7) is 0.463. The Bertz CT molecular complexity index is 1110. The second-order valence-corrected chi connectivity index (χ2v) is 6.80. The van der Waals surface area contributed by atoms with E-state index in [1.54, 1.807) is 42.5 Å². The van der Waals surface area contributed by atoms with Crippen LogP contribution < -0.4 is 15.8 Å². The first-order valence-corrected chi connectivity index (χ1v) is 9.39. The number of aromatic hydroxyl groups is 1. The molecule has 4 N–H and O–H groups in total. The van der Waals surface area contributed by atoms with E-state index >= 15 is 0 Å². The maximum Gasteiger partial charge on any atom is 0.255 e. The summed E-state index contributed by atoms with van der Waals surface area (Å²) in [6, 6.07) is 19.3. The summed E-state index contributed by atoms with van der Waals surface area (Å²) in [6.07, 6.45) is -0.248. The van der Waals surface area contributed by atoms with Crippen LogP contribution >= 0.6 is 0 Å². The fourth-order valence-electron chi connectivity index (χ4n) is 3.17. The molecule has 0 saturated carbocycles. The summed E-state index contributed by atoms with van der Waals surface area (Å²) in [7, 11) is 1.49. The molecule has 0 fully saturated rings. The highest BCUT2D eigenvalue weighted by Gasteiger charge is 2.23. The predicted molar refractivity (Wildman–Crippen MR) is 115 cm³/mol. The number of nitrogen functional groups attached to an aromatic ring is 1. The van der Waals surface area contributed by atoms with Crippen LogP contribution in [0.25, 0.3) is 0 Å². The normalized spacial score (nSPS) is 15.2. The average molecular weight is 403 g/mol. The number of nitrogens with two attached hydrogens (primary N) is 1. The number of carbonyl (C=O) groups excluding carboxylic acids is 1. The number of methoxy groups -OCH3 is 1. The number of hydrogen-bond donors (Lipinski definition) is 3. The van der Waals surface area contributed by atoms with Crippen LogP contribution in [0.3, 0.4) is 0 Å². The lowest BCUT2D eigenvalue weighted by molar-refractivity contribution is 0.102. The van der Waals surface area contributed by atoms with E-state index in [0.717, 1.165) is 11.1 Å². The van der Waals surface area contributed by atoms with Gasteiger partial charge in [-0.25, -0.2) is 4.99 Å². The van der Waals surface area contributed by atoms with Gasteiger partial charge in [0.25, 0.3) is 5.91 Å². The van der Waals surface area contributed by atoms with E-state index in [4.69, 9.17) is 15.2 Å². The van der Waals surface area contributed by atoms with Crippen molar-refractivity contribution in [2.45, 2.75) is 6.10 Å². The Morgan fingerprint density at radius 3 is 2.67 bits per heavy atom. The van der Waals surface area contributed by atoms with Gasteiger partial charge in [0.15, 0.2) is 11.5 Å². The highest BCUT2D eigenvalue weighted by Crippen LogP contribution is 2.30. The Kier molecular flexibility index (Phi) is 5.26. The molecule has 0 saturated heterocycles. The lowest BCUT2D eigenvalue weighted by Crippen LogP contribution is -2.13. The Morgan fingerprint density at radius 1 is 1.17 bits per heavy atom. The minimum absolute atomic E-state index is 0.0579. The van der Waals surface area contributed by atoms with Gasteiger partial charge >= 0.3 is 0 Å². The number of anilines is 2. The van der Waals surface area contributed by atoms with Crippen LogP contribution in [-0.4, -0.2) is 30.6 Å². The number of para-hydroxylation sites is 2. The molecule has 0 aliphatic carbocycles. The number of aliphatic imine (C=N–C) groups is 1. The van der Waals surface area contributed by atoms with Gasteiger partial charge in [-0.1, -0.05) is 24.3 Å². The van der Waals surface area contributed by atoms with Crippen molar-refractivity contribution < 1.29 is 19.4 Å². The molecule has 1 aliphatic rings. The molecular weight excluding hydrogens is 382 g/mol. The molecule has 7 heteroatoms. The van der Waals surface area contributed by atoms with Gasteiger partial charge in [-0.2, -0.15) is 0 Å². The second-order valence-electron chi connectivity index (χ2n) is 6.80. The number of carbonyl (C=O) groups is 1. The topological polar surface area (TPSA) is 106 Å². The molecule has 4 rings (SSSR count). The summed E-state index contributed by atoms with van der Waals surface area (Å²) in [5, 5.41) is 12.6. The maximum atomic E-state index is 12.5. The zero-order chi connectivity index (χ0) is 21.1. The number of rotatable bonds is 5. The standard InChI is InChI=1S/C23H21N3O4/c1-29-20-12-16(10-11-19(20)27)23-25-13-21(30-23)14-6-8-15(9-7-14)22(28)26-18-5-3-2-4-17(18)24/h2-12,21,27H,13,24H2,1H3,(H,26,28). The van der Waals surface area contributed by atoms with Crippen molar-refractivity contribution in [3.63, 3.8) is 0 Å². The van der Waals surface area contributed by atoms with Gasteiger partial charge in [-0.15, -0.1) is 0 Å². The zero-order valence-corrected chi connectivity index (χ0v) is 16.3. The average Bonchev–Trinajstić information content (AvgIpc) is 3.26. The van der Waals surface area contributed by atoms with E-state index in [2.05, 4.69) is 10.3 Å². The predicted octanol–water partition coefficient (Wildman–Crippen LogP) is 3.75. The molecule has 1 atom stereocenters. The largest absolute Gasteiger partial charge is 0.504 e. The molecule has 1 aliphatic heterocycles. The highest BCUT2D eigenvalue weighted by atomic mass is 16.5. The van der Waals surface area contributed by atoms with Crippen LogP contribution in [0.15, 0.2) is 71.7 Å². The van der Waals surface area contributed by atoms with Gasteiger partial charge in [-0.3, -0.25) is 4.79 Å². The monoisotopic (exact) mass is 403 g/mol. The van der Waals surface area contributed by atoms with Gasteiger partial charge in [0.1, 0.15) is 6.10 Å². The molecule has 30 heavy (non-hydrogen) atoms. The smallest absolute Gasteiger partial charge is 0.255 e. The summed E-state index contributed by atoms with van der Waals surface area (Å²) in [5.74, 6) is 0.666. The Hall–Kier alpha value is -4.00. The zero-order valence-electron chi connectivity index (χ0n) is 16.3. The number of phenolic OH excluding ortho intramolecular Hbond substituents is 1. The van der Waals surface area contributed by atoms with E-state index < -0.39 is 0 Å². The molecule has 0 radical (unpaired) electrons. The third-order valence-electron chi connectivity index (χ3n) is 4.83. The van der Waals surface area contributed by atoms with Crippen molar-refractivity contribution in [1.29, 1.82) is 0 Å². The first-order valence-electron chi connectivity index (χ1n) is 9.39. The molecule has 3 aromatic rings. The summed E-state index contributed by atoms with van der Waals surface area (Å²) >= 11 is 0. The number of nitrogens with zero attached hydrogens (tertiary/aromatic N) is 1. The van der Waals surface area contributed by atoms with Crippen molar-refractivity contribution in [2.24, 2.45) is 4.99 Å². The number of ether oxygens (including phenoxy) is 2. The van der Waals surface area contributed by atoms with Crippen LogP contribution in [0.2, 0.25) is 0 Å². The van der Waals surface area contributed by atoms with E-state index in [1.807, 2.05) is 24.3 Å². The molecule has 3 aromatic carbocycles. The van der Waals surface area contributed by atoms with Crippen LogP contribution in [0.4, 0.5) is 11.4 Å². The van der Waals surface area contributed by atoms with Crippen LogP contribution in [0.1, 0.15) is 27.6 Å². The van der Waals surface area contributed by atoms with E-state index in [-0.39, 0.29) is 17.8 Å². The van der Waals surface area contributed by atoms with Crippen molar-refractivity contribution in [1.82, 2.24) is 0 Å². The molecule has 0 bridgehead atoms. The first-order chi connectivity index (χ1) is 14.5. The SMILES string of the molecule is COc1cc(C2=NCC(c3ccc(C(=O)Nc4ccccc4N)cc3)O2)ccc1O. The molecule has 1 heterocycles. The van der Waals surface area contributed by atoms with E-state index in [0.29, 0.717) is 35.1 Å². The number of amides is 1. The molecule has 1 amide bonds. The van der Waals surface area contributed by atoms with Crippen molar-refractivity contribution >= 4 is 23.2 Å². The Labute approximate surface area is 173 Å². The van der Waals surface area contributed by atoms with Crippen molar-refractivity contribution in [3.8, 4) is 11.5 Å². The summed E-state index contributed by atoms with van der Waals surface area (Å²) < 4.78 is 11.1. The van der Waals surface area contributed by atoms with Crippen LogP contribution in [0.5, 0.6) is 11.5 Å². The lowest BCUT2D eigenvalue weighted by atomic mass is 10.1. The molecule has 7 nitrogen and oxygen atoms in total. The minimum Gasteiger partial charge on any atom is -0.504 e. The third-order valence-corrected chi connectivity index (χ3v) is 4.83. The molecule has 152 valence electrons. The number of nitrogens with one attached hydrogen (secondary N) is 1. The van der Waals surface area contributed by atoms with Crippen molar-refractivity contribution in [2.75, 3.05) is 24.7 Å². The second kappa shape index (κ2) is 8.16. The van der Waals surface area contributed by atoms with Gasteiger partial charge in [-0.05, 0) is 48.0 Å². The van der Waals surface area contributed by atoms with Gasteiger partial charge in [0.2, 0.25) is 5.90 Å². The maximum absolute atomic E-state index is 12.5. The van der Waals surface area contributed by atoms with Crippen LogP contribution in [0, 0.1) is 0 Å². The van der Waals surface area contributed by atoms with Crippen molar-refractivity contribution in [3.05, 3.63) is 83.4 Å². The third kappa shape index (κ3) is 3.91. The number of benzene rings is 3. The summed E-state index contributed by atoms with van der Waals surface area (Å²) in [5.41, 5.74) is 9.12. The highest BCUT2D eigenvalue weighted by molar-refractivity contribution is 6.05. The first kappa shape index (κ1) is 19.3. The van der Waals surface area contributed by atoms with Gasteiger partial charge in [0, 0.05) is 11.1 Å². The minimum atomic E-state index is -0.248. The fraction of sp³-hybridized carbons (Fsp3) is 0.130. The Morgan fingerprint density at radius 2 is 1.93 bits per heavy atom. The fourth-order valence-corrected chi connectivity index (χ4v) is 3.17.